The van der Waals surface area contributed by atoms with Crippen LogP contribution in [0.15, 0.2) is 36.7 Å². The Balaban J connectivity index is 2.31. The Labute approximate surface area is 143 Å². The second kappa shape index (κ2) is 8.08. The summed E-state index contributed by atoms with van der Waals surface area (Å²) >= 11 is 0. The number of nitrogens with zero attached hydrogens (tertiary/aromatic N) is 4. The van der Waals surface area contributed by atoms with E-state index in [1.165, 1.54) is 0 Å². The molecule has 130 valence electrons. The van der Waals surface area contributed by atoms with Crippen LogP contribution >= 0.6 is 0 Å². The van der Waals surface area contributed by atoms with E-state index >= 15 is 0 Å². The van der Waals surface area contributed by atoms with Crippen molar-refractivity contribution < 1.29 is 9.90 Å². The van der Waals surface area contributed by atoms with Crippen LogP contribution in [0.1, 0.15) is 23.0 Å². The van der Waals surface area contributed by atoms with E-state index in [1.807, 2.05) is 68.0 Å². The van der Waals surface area contributed by atoms with Gasteiger partial charge in [-0.1, -0.05) is 24.3 Å². The number of imidazole rings is 1. The summed E-state index contributed by atoms with van der Waals surface area (Å²) in [5.74, 6) is 0.755. The van der Waals surface area contributed by atoms with Crippen molar-refractivity contribution in [2.75, 3.05) is 27.2 Å². The molecule has 0 saturated carbocycles. The highest BCUT2D eigenvalue weighted by atomic mass is 16.3. The van der Waals surface area contributed by atoms with Crippen molar-refractivity contribution in [1.82, 2.24) is 19.4 Å². The summed E-state index contributed by atoms with van der Waals surface area (Å²) in [4.78, 5) is 21.1. The third kappa shape index (κ3) is 4.01. The van der Waals surface area contributed by atoms with Gasteiger partial charge in [-0.25, -0.2) is 4.98 Å². The fraction of sp³-hybridized carbons (Fsp3) is 0.444. The molecule has 2 aromatic rings. The van der Waals surface area contributed by atoms with Crippen molar-refractivity contribution in [3.63, 3.8) is 0 Å². The van der Waals surface area contributed by atoms with Gasteiger partial charge in [-0.2, -0.15) is 0 Å². The van der Waals surface area contributed by atoms with Crippen molar-refractivity contribution in [3.8, 4) is 0 Å². The molecule has 0 spiro atoms. The molecule has 0 radical (unpaired) electrons. The second-order valence-electron chi connectivity index (χ2n) is 6.16. The van der Waals surface area contributed by atoms with Crippen LogP contribution in [0, 0.1) is 6.92 Å². The van der Waals surface area contributed by atoms with Gasteiger partial charge < -0.3 is 14.6 Å². The van der Waals surface area contributed by atoms with Gasteiger partial charge in [0.05, 0.1) is 13.2 Å². The lowest BCUT2D eigenvalue weighted by Gasteiger charge is -2.31. The molecule has 0 bridgehead atoms. The molecule has 1 atom stereocenters. The lowest BCUT2D eigenvalue weighted by atomic mass is 9.99. The topological polar surface area (TPSA) is 61.6 Å². The van der Waals surface area contributed by atoms with Gasteiger partial charge in [0.15, 0.2) is 0 Å². The highest BCUT2D eigenvalue weighted by Crippen LogP contribution is 2.24. The molecule has 24 heavy (non-hydrogen) atoms. The minimum Gasteiger partial charge on any atom is -0.395 e. The van der Waals surface area contributed by atoms with Gasteiger partial charge in [-0.15, -0.1) is 0 Å². The predicted molar refractivity (Wildman–Crippen MR) is 93.3 cm³/mol. The first kappa shape index (κ1) is 18.2. The number of aliphatic hydroxyl groups is 1. The molecule has 0 aliphatic rings. The molecule has 0 aliphatic heterocycles. The maximum atomic E-state index is 13.2. The summed E-state index contributed by atoms with van der Waals surface area (Å²) < 4.78 is 1.89. The maximum absolute atomic E-state index is 13.2. The number of likely N-dealkylation sites (N-methyl/N-ethyl adjacent to an activating group) is 1. The molecule has 1 aromatic carbocycles. The van der Waals surface area contributed by atoms with Crippen LogP contribution in [0.5, 0.6) is 0 Å². The normalized spacial score (nSPS) is 12.4. The van der Waals surface area contributed by atoms with E-state index in [0.717, 1.165) is 17.0 Å². The van der Waals surface area contributed by atoms with E-state index in [4.69, 9.17) is 0 Å². The predicted octanol–water partition coefficient (Wildman–Crippen LogP) is 1.35. The number of aromatic nitrogens is 2. The SMILES string of the molecule is Cc1ccccc1[C@H](C(=O)N(CCO)Cc1nccn1C)N(C)C. The summed E-state index contributed by atoms with van der Waals surface area (Å²) in [7, 11) is 5.69. The minimum atomic E-state index is -0.391. The fourth-order valence-electron chi connectivity index (χ4n) is 2.81. The van der Waals surface area contributed by atoms with Crippen LogP contribution in [-0.4, -0.2) is 57.6 Å². The van der Waals surface area contributed by atoms with Gasteiger partial charge in [-0.3, -0.25) is 9.69 Å². The summed E-state index contributed by atoms with van der Waals surface area (Å²) in [5.41, 5.74) is 2.06. The zero-order chi connectivity index (χ0) is 17.7. The number of amides is 1. The number of carbonyl (C=O) groups is 1. The van der Waals surface area contributed by atoms with Crippen molar-refractivity contribution in [2.45, 2.75) is 19.5 Å². The summed E-state index contributed by atoms with van der Waals surface area (Å²) in [6.45, 7) is 2.58. The zero-order valence-corrected chi connectivity index (χ0v) is 14.8. The van der Waals surface area contributed by atoms with E-state index in [-0.39, 0.29) is 19.1 Å². The number of rotatable bonds is 7. The van der Waals surface area contributed by atoms with Crippen LogP contribution in [0.2, 0.25) is 0 Å². The number of hydrogen-bond donors (Lipinski definition) is 1. The van der Waals surface area contributed by atoms with Gasteiger partial charge in [0.1, 0.15) is 11.9 Å². The van der Waals surface area contributed by atoms with Crippen molar-refractivity contribution in [2.24, 2.45) is 7.05 Å². The van der Waals surface area contributed by atoms with Gasteiger partial charge >= 0.3 is 0 Å². The summed E-state index contributed by atoms with van der Waals surface area (Å²) in [5, 5.41) is 9.39. The highest BCUT2D eigenvalue weighted by molar-refractivity contribution is 5.83. The molecular formula is C18H26N4O2. The van der Waals surface area contributed by atoms with Crippen LogP contribution in [0.4, 0.5) is 0 Å². The Morgan fingerprint density at radius 3 is 2.58 bits per heavy atom. The molecular weight excluding hydrogens is 304 g/mol. The highest BCUT2D eigenvalue weighted by Gasteiger charge is 2.29. The molecule has 1 N–H and O–H groups in total. The first-order valence-corrected chi connectivity index (χ1v) is 8.03. The average Bonchev–Trinajstić information content (AvgIpc) is 2.93. The van der Waals surface area contributed by atoms with E-state index in [2.05, 4.69) is 4.98 Å². The quantitative estimate of drug-likeness (QED) is 0.832. The number of aryl methyl sites for hydroxylation is 2. The molecule has 1 heterocycles. The number of hydrogen-bond acceptors (Lipinski definition) is 4. The molecule has 1 aromatic heterocycles. The van der Waals surface area contributed by atoms with E-state index in [1.54, 1.807) is 11.1 Å². The van der Waals surface area contributed by atoms with Crippen LogP contribution in [0.25, 0.3) is 0 Å². The van der Waals surface area contributed by atoms with Gasteiger partial charge in [0.25, 0.3) is 0 Å². The molecule has 0 saturated heterocycles. The van der Waals surface area contributed by atoms with Crippen LogP contribution in [0.3, 0.4) is 0 Å². The summed E-state index contributed by atoms with van der Waals surface area (Å²) in [6.07, 6.45) is 3.56. The second-order valence-corrected chi connectivity index (χ2v) is 6.16. The van der Waals surface area contributed by atoms with Crippen molar-refractivity contribution in [1.29, 1.82) is 0 Å². The smallest absolute Gasteiger partial charge is 0.245 e. The standard InChI is InChI=1S/C18H26N4O2/c1-14-7-5-6-8-15(14)17(20(2)3)18(24)22(11-12-23)13-16-19-9-10-21(16)4/h5-10,17,23H,11-13H2,1-4H3/t17-/m1/s1. The van der Waals surface area contributed by atoms with Crippen LogP contribution < -0.4 is 0 Å². The third-order valence-corrected chi connectivity index (χ3v) is 4.17. The lowest BCUT2D eigenvalue weighted by Crippen LogP contribution is -2.42. The largest absolute Gasteiger partial charge is 0.395 e. The average molecular weight is 330 g/mol. The van der Waals surface area contributed by atoms with Crippen molar-refractivity contribution in [3.05, 3.63) is 53.6 Å². The van der Waals surface area contributed by atoms with E-state index in [9.17, 15) is 9.90 Å². The molecule has 2 rings (SSSR count). The van der Waals surface area contributed by atoms with E-state index < -0.39 is 6.04 Å². The van der Waals surface area contributed by atoms with Gasteiger partial charge in [0.2, 0.25) is 5.91 Å². The number of aliphatic hydroxyl groups excluding tert-OH is 1. The van der Waals surface area contributed by atoms with Gasteiger partial charge in [0, 0.05) is 26.0 Å². The molecule has 0 unspecified atom stereocenters. The number of benzene rings is 1. The third-order valence-electron chi connectivity index (χ3n) is 4.17. The molecule has 0 aliphatic carbocycles. The Bertz CT molecular complexity index is 681. The molecule has 6 heteroatoms. The molecule has 1 amide bonds. The zero-order valence-electron chi connectivity index (χ0n) is 14.8. The monoisotopic (exact) mass is 330 g/mol. The van der Waals surface area contributed by atoms with E-state index in [0.29, 0.717) is 6.54 Å². The summed E-state index contributed by atoms with van der Waals surface area (Å²) in [6, 6.07) is 7.51. The Morgan fingerprint density at radius 1 is 1.33 bits per heavy atom. The Morgan fingerprint density at radius 2 is 2.04 bits per heavy atom. The molecule has 6 nitrogen and oxygen atoms in total. The Hall–Kier alpha value is -2.18. The van der Waals surface area contributed by atoms with Crippen molar-refractivity contribution >= 4 is 5.91 Å². The number of carbonyl (C=O) groups excluding carboxylic acids is 1. The minimum absolute atomic E-state index is 0.0358. The first-order valence-electron chi connectivity index (χ1n) is 8.03. The maximum Gasteiger partial charge on any atom is 0.245 e. The molecule has 0 fully saturated rings. The first-order chi connectivity index (χ1) is 11.5. The Kier molecular flexibility index (Phi) is 6.11. The van der Waals surface area contributed by atoms with Crippen LogP contribution in [-0.2, 0) is 18.4 Å². The van der Waals surface area contributed by atoms with Gasteiger partial charge in [-0.05, 0) is 32.1 Å². The lowest BCUT2D eigenvalue weighted by molar-refractivity contribution is -0.137. The fourth-order valence-corrected chi connectivity index (χ4v) is 2.81.